The molecule has 2 heterocycles. The fourth-order valence-electron chi connectivity index (χ4n) is 3.97. The predicted octanol–water partition coefficient (Wildman–Crippen LogP) is 3.76. The zero-order chi connectivity index (χ0) is 24.8. The lowest BCUT2D eigenvalue weighted by Gasteiger charge is -2.25. The quantitative estimate of drug-likeness (QED) is 0.448. The summed E-state index contributed by atoms with van der Waals surface area (Å²) in [5.41, 5.74) is 3.70. The van der Waals surface area contributed by atoms with Crippen molar-refractivity contribution in [3.63, 3.8) is 0 Å². The molecule has 9 nitrogen and oxygen atoms in total. The van der Waals surface area contributed by atoms with Crippen molar-refractivity contribution in [3.8, 4) is 22.6 Å². The number of hydrogen-bond acceptors (Lipinski definition) is 6. The molecule has 0 fully saturated rings. The van der Waals surface area contributed by atoms with E-state index in [1.165, 1.54) is 4.57 Å². The van der Waals surface area contributed by atoms with Gasteiger partial charge in [0.1, 0.15) is 11.6 Å². The molecule has 0 bridgehead atoms. The van der Waals surface area contributed by atoms with Gasteiger partial charge >= 0.3 is 5.69 Å². The van der Waals surface area contributed by atoms with Crippen LogP contribution in [-0.4, -0.2) is 41.5 Å². The molecule has 2 N–H and O–H groups in total. The molecule has 2 aromatic carbocycles. The number of aromatic amines is 1. The van der Waals surface area contributed by atoms with E-state index in [-0.39, 0.29) is 11.1 Å². The second-order valence-corrected chi connectivity index (χ2v) is 11.0. The van der Waals surface area contributed by atoms with Crippen LogP contribution in [0, 0.1) is 6.92 Å². The maximum atomic E-state index is 12.6. The molecule has 178 valence electrons. The number of sulfonamides is 1. The molecule has 0 spiro atoms. The summed E-state index contributed by atoms with van der Waals surface area (Å²) in [6.07, 6.45) is 2.83. The Balaban J connectivity index is 1.97. The molecular weight excluding hydrogens is 454 g/mol. The number of ether oxygens (including phenoxy) is 1. The van der Waals surface area contributed by atoms with Crippen LogP contribution in [-0.2, 0) is 15.4 Å². The first kappa shape index (κ1) is 23.5. The molecule has 0 saturated heterocycles. The number of methoxy groups -OCH3 is 1. The van der Waals surface area contributed by atoms with Gasteiger partial charge in [-0.3, -0.25) is 9.71 Å². The smallest absolute Gasteiger partial charge is 0.348 e. The Morgan fingerprint density at radius 3 is 2.29 bits per heavy atom. The number of pyridine rings is 1. The summed E-state index contributed by atoms with van der Waals surface area (Å²) in [5.74, 6) is 1.21. The number of benzene rings is 2. The van der Waals surface area contributed by atoms with Crippen LogP contribution in [0.4, 0.5) is 5.69 Å². The van der Waals surface area contributed by atoms with Gasteiger partial charge in [0.05, 0.1) is 24.6 Å². The predicted molar refractivity (Wildman–Crippen MR) is 133 cm³/mol. The van der Waals surface area contributed by atoms with Crippen LogP contribution in [0.2, 0.25) is 0 Å². The standard InChI is InChI=1S/C24H27N5O4S/c1-14-26-27-23(30)29(14)20-12-19(24(2,3)4)22(33-5)18-11-16(13-25-21(18)20)15-7-9-17(10-8-15)28-34(6,31)32/h7-13,28H,1-6H3,(H,27,30). The summed E-state index contributed by atoms with van der Waals surface area (Å²) in [7, 11) is -1.74. The Morgan fingerprint density at radius 2 is 1.76 bits per heavy atom. The van der Waals surface area contributed by atoms with Crippen LogP contribution >= 0.6 is 0 Å². The van der Waals surface area contributed by atoms with Crippen molar-refractivity contribution in [1.82, 2.24) is 19.7 Å². The molecule has 0 atom stereocenters. The monoisotopic (exact) mass is 481 g/mol. The van der Waals surface area contributed by atoms with Crippen LogP contribution in [0.3, 0.4) is 0 Å². The fourth-order valence-corrected chi connectivity index (χ4v) is 4.53. The third-order valence-corrected chi connectivity index (χ3v) is 6.12. The van der Waals surface area contributed by atoms with Gasteiger partial charge in [-0.25, -0.2) is 22.9 Å². The van der Waals surface area contributed by atoms with E-state index >= 15 is 0 Å². The van der Waals surface area contributed by atoms with Gasteiger partial charge in [-0.2, -0.15) is 5.10 Å². The summed E-state index contributed by atoms with van der Waals surface area (Å²) < 4.78 is 32.8. The second kappa shape index (κ2) is 8.28. The summed E-state index contributed by atoms with van der Waals surface area (Å²) >= 11 is 0. The number of hydrogen-bond donors (Lipinski definition) is 2. The highest BCUT2D eigenvalue weighted by Gasteiger charge is 2.25. The molecule has 10 heteroatoms. The third-order valence-electron chi connectivity index (χ3n) is 5.52. The van der Waals surface area contributed by atoms with Gasteiger partial charge in [-0.1, -0.05) is 32.9 Å². The first-order chi connectivity index (χ1) is 15.9. The first-order valence-electron chi connectivity index (χ1n) is 10.6. The number of fused-ring (bicyclic) bond motifs is 1. The van der Waals surface area contributed by atoms with Crippen molar-refractivity contribution < 1.29 is 13.2 Å². The normalized spacial score (nSPS) is 12.2. The number of aromatic nitrogens is 4. The number of nitrogens with one attached hydrogen (secondary N) is 2. The van der Waals surface area contributed by atoms with Gasteiger partial charge < -0.3 is 4.74 Å². The summed E-state index contributed by atoms with van der Waals surface area (Å²) in [6.45, 7) is 7.99. The van der Waals surface area contributed by atoms with Gasteiger partial charge in [0, 0.05) is 28.4 Å². The number of anilines is 1. The highest BCUT2D eigenvalue weighted by molar-refractivity contribution is 7.92. The maximum absolute atomic E-state index is 12.6. The average Bonchev–Trinajstić information content (AvgIpc) is 3.08. The van der Waals surface area contributed by atoms with E-state index in [2.05, 4.69) is 35.7 Å². The van der Waals surface area contributed by atoms with E-state index in [1.54, 1.807) is 32.4 Å². The zero-order valence-electron chi connectivity index (χ0n) is 19.9. The number of aryl methyl sites for hydroxylation is 1. The van der Waals surface area contributed by atoms with Gasteiger partial charge in [0.25, 0.3) is 0 Å². The Morgan fingerprint density at radius 1 is 1.09 bits per heavy atom. The molecule has 0 aliphatic rings. The molecule has 0 radical (unpaired) electrons. The molecule has 0 saturated carbocycles. The van der Waals surface area contributed by atoms with Gasteiger partial charge in [0.15, 0.2) is 0 Å². The van der Waals surface area contributed by atoms with Crippen LogP contribution in [0.5, 0.6) is 5.75 Å². The van der Waals surface area contributed by atoms with Gasteiger partial charge in [0.2, 0.25) is 10.0 Å². The molecule has 0 aliphatic heterocycles. The minimum Gasteiger partial charge on any atom is -0.496 e. The molecule has 0 amide bonds. The number of H-pyrrole nitrogens is 1. The van der Waals surface area contributed by atoms with Crippen molar-refractivity contribution in [2.24, 2.45) is 0 Å². The van der Waals surface area contributed by atoms with E-state index in [4.69, 9.17) is 9.72 Å². The molecule has 0 unspecified atom stereocenters. The van der Waals surface area contributed by atoms with Crippen LogP contribution < -0.4 is 15.1 Å². The number of nitrogens with zero attached hydrogens (tertiary/aromatic N) is 3. The average molecular weight is 482 g/mol. The molecule has 4 rings (SSSR count). The molecule has 2 aromatic heterocycles. The van der Waals surface area contributed by atoms with Crippen molar-refractivity contribution >= 4 is 26.6 Å². The second-order valence-electron chi connectivity index (χ2n) is 9.21. The van der Waals surface area contributed by atoms with E-state index in [0.29, 0.717) is 28.5 Å². The minimum absolute atomic E-state index is 0.273. The Labute approximate surface area is 197 Å². The lowest BCUT2D eigenvalue weighted by atomic mass is 9.84. The number of rotatable bonds is 5. The molecular formula is C24H27N5O4S. The lowest BCUT2D eigenvalue weighted by molar-refractivity contribution is 0.402. The summed E-state index contributed by atoms with van der Waals surface area (Å²) in [4.78, 5) is 17.3. The Hall–Kier alpha value is -3.66. The van der Waals surface area contributed by atoms with Crippen molar-refractivity contribution in [2.75, 3.05) is 18.1 Å². The van der Waals surface area contributed by atoms with Crippen LogP contribution in [0.25, 0.3) is 27.7 Å². The van der Waals surface area contributed by atoms with Crippen molar-refractivity contribution in [1.29, 1.82) is 0 Å². The topological polar surface area (TPSA) is 119 Å². The molecule has 34 heavy (non-hydrogen) atoms. The SMILES string of the molecule is COc1c(C(C)(C)C)cc(-n2c(C)n[nH]c2=O)c2ncc(-c3ccc(NS(C)(=O)=O)cc3)cc12. The summed E-state index contributed by atoms with van der Waals surface area (Å²) in [6, 6.07) is 10.9. The van der Waals surface area contributed by atoms with Gasteiger partial charge in [-0.05, 0) is 42.2 Å². The minimum atomic E-state index is -3.36. The van der Waals surface area contributed by atoms with Gasteiger partial charge in [-0.15, -0.1) is 0 Å². The molecule has 0 aliphatic carbocycles. The van der Waals surface area contributed by atoms with E-state index in [1.807, 2.05) is 24.3 Å². The third kappa shape index (κ3) is 4.41. The van der Waals surface area contributed by atoms with Crippen molar-refractivity contribution in [2.45, 2.75) is 33.1 Å². The zero-order valence-corrected chi connectivity index (χ0v) is 20.7. The Kier molecular flexibility index (Phi) is 5.72. The van der Waals surface area contributed by atoms with E-state index in [9.17, 15) is 13.2 Å². The van der Waals surface area contributed by atoms with E-state index in [0.717, 1.165) is 28.3 Å². The lowest BCUT2D eigenvalue weighted by Crippen LogP contribution is -2.19. The van der Waals surface area contributed by atoms with E-state index < -0.39 is 10.0 Å². The highest BCUT2D eigenvalue weighted by atomic mass is 32.2. The Bertz CT molecular complexity index is 1550. The molecule has 4 aromatic rings. The highest BCUT2D eigenvalue weighted by Crippen LogP contribution is 2.41. The fraction of sp³-hybridized carbons (Fsp3) is 0.292. The van der Waals surface area contributed by atoms with Crippen LogP contribution in [0.15, 0.2) is 47.4 Å². The van der Waals surface area contributed by atoms with Crippen molar-refractivity contribution in [3.05, 3.63) is 64.5 Å². The first-order valence-corrected chi connectivity index (χ1v) is 12.5. The van der Waals surface area contributed by atoms with Crippen LogP contribution in [0.1, 0.15) is 32.2 Å². The summed E-state index contributed by atoms with van der Waals surface area (Å²) in [5, 5.41) is 7.30. The largest absolute Gasteiger partial charge is 0.496 e. The maximum Gasteiger partial charge on any atom is 0.348 e.